The van der Waals surface area contributed by atoms with Crippen molar-refractivity contribution in [3.05, 3.63) is 63.3 Å². The van der Waals surface area contributed by atoms with Crippen LogP contribution in [0.15, 0.2) is 35.1 Å². The fourth-order valence-electron chi connectivity index (χ4n) is 5.29. The summed E-state index contributed by atoms with van der Waals surface area (Å²) in [5.41, 5.74) is 1.10. The smallest absolute Gasteiger partial charge is 0.410 e. The molecule has 0 bridgehead atoms. The average molecular weight is 495 g/mol. The number of hydrogen-bond acceptors (Lipinski definition) is 5. The van der Waals surface area contributed by atoms with Gasteiger partial charge in [0.15, 0.2) is 0 Å². The summed E-state index contributed by atoms with van der Waals surface area (Å²) in [6.07, 6.45) is 5.37. The number of fused-ring (bicyclic) bond motifs is 1. The minimum Gasteiger partial charge on any atom is -0.444 e. The third kappa shape index (κ3) is 5.47. The van der Waals surface area contributed by atoms with Gasteiger partial charge in [-0.25, -0.2) is 9.78 Å². The highest BCUT2D eigenvalue weighted by atomic mass is 16.6. The molecule has 0 radical (unpaired) electrons. The minimum absolute atomic E-state index is 0.0914. The van der Waals surface area contributed by atoms with Gasteiger partial charge in [0.25, 0.3) is 5.56 Å². The first kappa shape index (κ1) is 25.9. The molecule has 36 heavy (non-hydrogen) atoms. The first-order chi connectivity index (χ1) is 17.1. The molecule has 1 aromatic heterocycles. The molecule has 2 heterocycles. The molecule has 1 unspecified atom stereocenters. The standard InChI is InChI=1S/C28H38N4O4/c1-19-29-23-18-31(27(35)36-28(2,3)4)17-16-22(23)25(33)32(19)24(20-12-8-6-9-13-20)26(34)30(5)21-14-10-7-11-15-21/h6,8-9,12-13,21,24H,7,10-11,14-18H2,1-5H3. The lowest BCUT2D eigenvalue weighted by Crippen LogP contribution is -2.47. The zero-order valence-corrected chi connectivity index (χ0v) is 22.1. The predicted molar refractivity (Wildman–Crippen MR) is 138 cm³/mol. The first-order valence-corrected chi connectivity index (χ1v) is 13.0. The Morgan fingerprint density at radius 3 is 2.42 bits per heavy atom. The Kier molecular flexibility index (Phi) is 7.52. The highest BCUT2D eigenvalue weighted by Gasteiger charge is 2.35. The van der Waals surface area contributed by atoms with Crippen LogP contribution in [0, 0.1) is 6.92 Å². The summed E-state index contributed by atoms with van der Waals surface area (Å²) in [6.45, 7) is 7.83. The van der Waals surface area contributed by atoms with Gasteiger partial charge in [0.1, 0.15) is 17.5 Å². The molecule has 194 valence electrons. The zero-order chi connectivity index (χ0) is 26.0. The van der Waals surface area contributed by atoms with E-state index >= 15 is 0 Å². The number of ether oxygens (including phenoxy) is 1. The summed E-state index contributed by atoms with van der Waals surface area (Å²) in [4.78, 5) is 48.6. The number of carbonyl (C=O) groups excluding carboxylic acids is 2. The number of amides is 2. The zero-order valence-electron chi connectivity index (χ0n) is 22.1. The number of nitrogens with zero attached hydrogens (tertiary/aromatic N) is 4. The summed E-state index contributed by atoms with van der Waals surface area (Å²) in [5, 5.41) is 0. The monoisotopic (exact) mass is 494 g/mol. The Labute approximate surface area is 213 Å². The normalized spacial score (nSPS) is 17.3. The quantitative estimate of drug-likeness (QED) is 0.635. The first-order valence-electron chi connectivity index (χ1n) is 13.0. The highest BCUT2D eigenvalue weighted by Crippen LogP contribution is 2.28. The van der Waals surface area contributed by atoms with E-state index in [4.69, 9.17) is 9.72 Å². The lowest BCUT2D eigenvalue weighted by molar-refractivity contribution is -0.135. The lowest BCUT2D eigenvalue weighted by Gasteiger charge is -2.35. The van der Waals surface area contributed by atoms with Crippen molar-refractivity contribution in [2.24, 2.45) is 0 Å². The van der Waals surface area contributed by atoms with Gasteiger partial charge in [-0.15, -0.1) is 0 Å². The molecule has 2 aliphatic rings. The highest BCUT2D eigenvalue weighted by molar-refractivity contribution is 5.84. The van der Waals surface area contributed by atoms with Gasteiger partial charge in [-0.2, -0.15) is 0 Å². The number of likely N-dealkylation sites (N-methyl/N-ethyl adjacent to an activating group) is 1. The Morgan fingerprint density at radius 2 is 1.78 bits per heavy atom. The Balaban J connectivity index is 1.70. The van der Waals surface area contributed by atoms with Gasteiger partial charge in [-0.1, -0.05) is 49.6 Å². The molecule has 2 aromatic rings. The van der Waals surface area contributed by atoms with Gasteiger partial charge in [0.05, 0.1) is 12.2 Å². The van der Waals surface area contributed by atoms with Gasteiger partial charge < -0.3 is 14.5 Å². The van der Waals surface area contributed by atoms with Crippen LogP contribution in [0.1, 0.15) is 81.6 Å². The van der Waals surface area contributed by atoms with Crippen LogP contribution in [-0.2, 0) is 22.5 Å². The van der Waals surface area contributed by atoms with E-state index in [1.807, 2.05) is 63.1 Å². The van der Waals surface area contributed by atoms with Crippen LogP contribution in [0.25, 0.3) is 0 Å². The van der Waals surface area contributed by atoms with Crippen LogP contribution < -0.4 is 5.56 Å². The molecule has 1 saturated carbocycles. The van der Waals surface area contributed by atoms with Crippen LogP contribution >= 0.6 is 0 Å². The average Bonchev–Trinajstić information content (AvgIpc) is 2.85. The molecule has 1 atom stereocenters. The molecule has 1 aliphatic carbocycles. The van der Waals surface area contributed by atoms with Gasteiger partial charge in [0, 0.05) is 25.2 Å². The van der Waals surface area contributed by atoms with Crippen molar-refractivity contribution in [3.8, 4) is 0 Å². The van der Waals surface area contributed by atoms with Crippen LogP contribution in [0.4, 0.5) is 4.79 Å². The number of carbonyl (C=O) groups is 2. The van der Waals surface area contributed by atoms with Crippen molar-refractivity contribution in [2.75, 3.05) is 13.6 Å². The summed E-state index contributed by atoms with van der Waals surface area (Å²) < 4.78 is 7.07. The second kappa shape index (κ2) is 10.4. The number of rotatable bonds is 4. The van der Waals surface area contributed by atoms with Crippen LogP contribution in [0.3, 0.4) is 0 Å². The Morgan fingerprint density at radius 1 is 1.11 bits per heavy atom. The van der Waals surface area contributed by atoms with Crippen molar-refractivity contribution in [1.29, 1.82) is 0 Å². The molecule has 1 aromatic carbocycles. The van der Waals surface area contributed by atoms with Gasteiger partial charge in [-0.3, -0.25) is 14.2 Å². The Hall–Kier alpha value is -3.16. The summed E-state index contributed by atoms with van der Waals surface area (Å²) in [7, 11) is 1.86. The topological polar surface area (TPSA) is 84.7 Å². The Bertz CT molecular complexity index is 1160. The molecule has 0 spiro atoms. The van der Waals surface area contributed by atoms with Crippen molar-refractivity contribution >= 4 is 12.0 Å². The van der Waals surface area contributed by atoms with E-state index in [-0.39, 0.29) is 24.1 Å². The maximum Gasteiger partial charge on any atom is 0.410 e. The van der Waals surface area contributed by atoms with E-state index in [9.17, 15) is 14.4 Å². The molecule has 1 aliphatic heterocycles. The molecule has 4 rings (SSSR count). The molecule has 2 amide bonds. The number of aryl methyl sites for hydroxylation is 1. The van der Waals surface area contributed by atoms with Gasteiger partial charge in [0.2, 0.25) is 5.91 Å². The predicted octanol–water partition coefficient (Wildman–Crippen LogP) is 4.23. The summed E-state index contributed by atoms with van der Waals surface area (Å²) >= 11 is 0. The lowest BCUT2D eigenvalue weighted by atomic mass is 9.93. The van der Waals surface area contributed by atoms with Crippen molar-refractivity contribution in [2.45, 2.75) is 90.4 Å². The molecular formula is C28H38N4O4. The summed E-state index contributed by atoms with van der Waals surface area (Å²) in [5.74, 6) is 0.371. The molecule has 1 fully saturated rings. The maximum atomic E-state index is 14.0. The third-order valence-corrected chi connectivity index (χ3v) is 7.17. The fourth-order valence-corrected chi connectivity index (χ4v) is 5.29. The van der Waals surface area contributed by atoms with Crippen molar-refractivity contribution in [3.63, 3.8) is 0 Å². The minimum atomic E-state index is -0.785. The fraction of sp³-hybridized carbons (Fsp3) is 0.571. The van der Waals surface area contributed by atoms with Gasteiger partial charge in [-0.05, 0) is 52.5 Å². The van der Waals surface area contributed by atoms with Gasteiger partial charge >= 0.3 is 6.09 Å². The molecule has 8 heteroatoms. The SMILES string of the molecule is Cc1nc2c(c(=O)n1C(C(=O)N(C)C1CCCCC1)c1ccccc1)CCN(C(=O)OC(C)(C)C)C2. The van der Waals surface area contributed by atoms with E-state index in [2.05, 4.69) is 0 Å². The van der Waals surface area contributed by atoms with E-state index in [1.54, 1.807) is 16.4 Å². The van der Waals surface area contributed by atoms with E-state index < -0.39 is 17.7 Å². The molecular weight excluding hydrogens is 456 g/mol. The summed E-state index contributed by atoms with van der Waals surface area (Å²) in [6, 6.07) is 8.87. The number of aromatic nitrogens is 2. The van der Waals surface area contributed by atoms with Crippen molar-refractivity contribution < 1.29 is 14.3 Å². The molecule has 0 saturated heterocycles. The van der Waals surface area contributed by atoms with Crippen molar-refractivity contribution in [1.82, 2.24) is 19.4 Å². The maximum absolute atomic E-state index is 14.0. The second-order valence-electron chi connectivity index (χ2n) is 11.0. The van der Waals surface area contributed by atoms with E-state index in [0.29, 0.717) is 30.0 Å². The van der Waals surface area contributed by atoms with Crippen LogP contribution in [-0.4, -0.2) is 56.6 Å². The molecule has 0 N–H and O–H groups in total. The second-order valence-corrected chi connectivity index (χ2v) is 11.0. The largest absolute Gasteiger partial charge is 0.444 e. The van der Waals surface area contributed by atoms with E-state index in [1.165, 1.54) is 6.42 Å². The number of benzene rings is 1. The third-order valence-electron chi connectivity index (χ3n) is 7.17. The van der Waals surface area contributed by atoms with Crippen LogP contribution in [0.2, 0.25) is 0 Å². The van der Waals surface area contributed by atoms with Crippen LogP contribution in [0.5, 0.6) is 0 Å². The number of hydrogen-bond donors (Lipinski definition) is 0. The molecule has 8 nitrogen and oxygen atoms in total. The van der Waals surface area contributed by atoms with E-state index in [0.717, 1.165) is 31.2 Å².